The molecule has 3 rings (SSSR count). The molecule has 0 fully saturated rings. The number of aliphatic carboxylic acids is 1. The largest absolute Gasteiger partial charge is 0.497 e. The molecule has 0 saturated carbocycles. The zero-order valence-electron chi connectivity index (χ0n) is 13.7. The molecule has 0 amide bonds. The van der Waals surface area contributed by atoms with E-state index in [-0.39, 0.29) is 12.0 Å². The van der Waals surface area contributed by atoms with E-state index in [1.807, 2.05) is 0 Å². The SMILES string of the molecule is COc1ccc2c(=O)n(-c3ccc(Cl)cc3)c(C)c(CC(=O)O)c2c1. The summed E-state index contributed by atoms with van der Waals surface area (Å²) in [5.74, 6) is -0.393. The number of carboxylic acid groups (broad SMARTS) is 1. The fourth-order valence-corrected chi connectivity index (χ4v) is 3.09. The molecule has 0 aliphatic rings. The number of hydrogen-bond acceptors (Lipinski definition) is 3. The highest BCUT2D eigenvalue weighted by Gasteiger charge is 2.17. The lowest BCUT2D eigenvalue weighted by atomic mass is 10.0. The maximum Gasteiger partial charge on any atom is 0.307 e. The number of fused-ring (bicyclic) bond motifs is 1. The molecule has 0 bridgehead atoms. The van der Waals surface area contributed by atoms with Gasteiger partial charge >= 0.3 is 5.97 Å². The van der Waals surface area contributed by atoms with Crippen molar-refractivity contribution in [2.24, 2.45) is 0 Å². The van der Waals surface area contributed by atoms with Crippen molar-refractivity contribution in [2.45, 2.75) is 13.3 Å². The molecule has 25 heavy (non-hydrogen) atoms. The topological polar surface area (TPSA) is 68.5 Å². The van der Waals surface area contributed by atoms with Gasteiger partial charge in [-0.25, -0.2) is 0 Å². The molecule has 128 valence electrons. The number of carboxylic acids is 1. The lowest BCUT2D eigenvalue weighted by molar-refractivity contribution is -0.136. The van der Waals surface area contributed by atoms with E-state index in [0.717, 1.165) is 0 Å². The Hall–Kier alpha value is -2.79. The molecule has 6 heteroatoms. The number of carbonyl (C=O) groups is 1. The molecular weight excluding hydrogens is 342 g/mol. The van der Waals surface area contributed by atoms with E-state index < -0.39 is 5.97 Å². The Labute approximate surface area is 149 Å². The second-order valence-corrected chi connectivity index (χ2v) is 6.10. The van der Waals surface area contributed by atoms with Crippen LogP contribution in [0.3, 0.4) is 0 Å². The molecule has 5 nitrogen and oxygen atoms in total. The Morgan fingerprint density at radius 1 is 1.16 bits per heavy atom. The zero-order valence-corrected chi connectivity index (χ0v) is 14.5. The summed E-state index contributed by atoms with van der Waals surface area (Å²) in [5, 5.41) is 10.9. The molecule has 1 N–H and O–H groups in total. The Kier molecular flexibility index (Phi) is 4.51. The number of nitrogens with zero attached hydrogens (tertiary/aromatic N) is 1. The van der Waals surface area contributed by atoms with Crippen LogP contribution in [0, 0.1) is 6.92 Å². The number of pyridine rings is 1. The number of hydrogen-bond donors (Lipinski definition) is 1. The van der Waals surface area contributed by atoms with Crippen molar-refractivity contribution in [2.75, 3.05) is 7.11 Å². The molecule has 0 spiro atoms. The minimum atomic E-state index is -0.964. The lowest BCUT2D eigenvalue weighted by Gasteiger charge is -2.17. The van der Waals surface area contributed by atoms with E-state index in [2.05, 4.69) is 0 Å². The van der Waals surface area contributed by atoms with Gasteiger partial charge in [-0.05, 0) is 60.3 Å². The summed E-state index contributed by atoms with van der Waals surface area (Å²) in [6.07, 6.45) is -0.191. The van der Waals surface area contributed by atoms with Gasteiger partial charge in [-0.15, -0.1) is 0 Å². The van der Waals surface area contributed by atoms with Crippen molar-refractivity contribution in [1.82, 2.24) is 4.57 Å². The Morgan fingerprint density at radius 2 is 1.84 bits per heavy atom. The van der Waals surface area contributed by atoms with E-state index in [0.29, 0.717) is 38.5 Å². The third kappa shape index (κ3) is 3.10. The molecule has 0 aliphatic heterocycles. The number of methoxy groups -OCH3 is 1. The summed E-state index contributed by atoms with van der Waals surface area (Å²) in [6.45, 7) is 1.74. The fourth-order valence-electron chi connectivity index (χ4n) is 2.96. The number of benzene rings is 2. The van der Waals surface area contributed by atoms with Crippen molar-refractivity contribution in [3.8, 4) is 11.4 Å². The molecule has 0 atom stereocenters. The molecule has 0 aliphatic carbocycles. The average Bonchev–Trinajstić information content (AvgIpc) is 2.59. The van der Waals surface area contributed by atoms with Gasteiger partial charge in [-0.3, -0.25) is 14.2 Å². The third-order valence-corrected chi connectivity index (χ3v) is 4.42. The van der Waals surface area contributed by atoms with Crippen LogP contribution in [0.25, 0.3) is 16.5 Å². The van der Waals surface area contributed by atoms with Gasteiger partial charge in [-0.1, -0.05) is 11.6 Å². The normalized spacial score (nSPS) is 10.8. The average molecular weight is 358 g/mol. The second-order valence-electron chi connectivity index (χ2n) is 5.66. The summed E-state index contributed by atoms with van der Waals surface area (Å²) in [5.41, 5.74) is 1.58. The van der Waals surface area contributed by atoms with Crippen LogP contribution in [0.4, 0.5) is 0 Å². The Balaban J connectivity index is 2.40. The van der Waals surface area contributed by atoms with Crippen molar-refractivity contribution < 1.29 is 14.6 Å². The first-order valence-electron chi connectivity index (χ1n) is 7.62. The van der Waals surface area contributed by atoms with Crippen LogP contribution >= 0.6 is 11.6 Å². The van der Waals surface area contributed by atoms with Crippen LogP contribution in [0.15, 0.2) is 47.3 Å². The second kappa shape index (κ2) is 6.61. The first kappa shape index (κ1) is 17.0. The van der Waals surface area contributed by atoms with Crippen LogP contribution in [0.2, 0.25) is 5.02 Å². The minimum absolute atomic E-state index is 0.191. The van der Waals surface area contributed by atoms with Gasteiger partial charge in [0.05, 0.1) is 13.5 Å². The first-order chi connectivity index (χ1) is 11.9. The summed E-state index contributed by atoms with van der Waals surface area (Å²) < 4.78 is 6.74. The summed E-state index contributed by atoms with van der Waals surface area (Å²) >= 11 is 5.93. The predicted octanol–water partition coefficient (Wildman–Crippen LogP) is 3.59. The summed E-state index contributed by atoms with van der Waals surface area (Å²) in [6, 6.07) is 11.9. The summed E-state index contributed by atoms with van der Waals surface area (Å²) in [4.78, 5) is 24.4. The Morgan fingerprint density at radius 3 is 2.44 bits per heavy atom. The number of halogens is 1. The van der Waals surface area contributed by atoms with Crippen LogP contribution in [-0.4, -0.2) is 22.8 Å². The van der Waals surface area contributed by atoms with Crippen LogP contribution < -0.4 is 10.3 Å². The molecule has 1 heterocycles. The standard InChI is InChI=1S/C19H16ClNO4/c1-11-16(10-18(22)23)17-9-14(25-2)7-8-15(17)19(24)21(11)13-5-3-12(20)4-6-13/h3-9H,10H2,1-2H3,(H,22,23). The van der Waals surface area contributed by atoms with Crippen molar-refractivity contribution in [3.63, 3.8) is 0 Å². The molecular formula is C19H16ClNO4. The van der Waals surface area contributed by atoms with Gasteiger partial charge in [0.1, 0.15) is 5.75 Å². The molecule has 2 aromatic carbocycles. The van der Waals surface area contributed by atoms with Gasteiger partial charge in [0.2, 0.25) is 0 Å². The highest BCUT2D eigenvalue weighted by molar-refractivity contribution is 6.30. The van der Waals surface area contributed by atoms with Gasteiger partial charge in [0.25, 0.3) is 5.56 Å². The number of ether oxygens (including phenoxy) is 1. The monoisotopic (exact) mass is 357 g/mol. The number of aromatic nitrogens is 1. The molecule has 1 aromatic heterocycles. The van der Waals surface area contributed by atoms with Gasteiger partial charge in [0, 0.05) is 21.8 Å². The maximum atomic E-state index is 13.0. The third-order valence-electron chi connectivity index (χ3n) is 4.17. The van der Waals surface area contributed by atoms with Crippen LogP contribution in [-0.2, 0) is 11.2 Å². The van der Waals surface area contributed by atoms with Crippen LogP contribution in [0.1, 0.15) is 11.3 Å². The van der Waals surface area contributed by atoms with E-state index in [1.54, 1.807) is 49.4 Å². The van der Waals surface area contributed by atoms with Gasteiger partial charge < -0.3 is 9.84 Å². The van der Waals surface area contributed by atoms with Crippen molar-refractivity contribution in [1.29, 1.82) is 0 Å². The zero-order chi connectivity index (χ0) is 18.1. The van der Waals surface area contributed by atoms with Crippen molar-refractivity contribution >= 4 is 28.3 Å². The highest BCUT2D eigenvalue weighted by atomic mass is 35.5. The van der Waals surface area contributed by atoms with Crippen LogP contribution in [0.5, 0.6) is 5.75 Å². The first-order valence-corrected chi connectivity index (χ1v) is 8.00. The molecule has 0 saturated heterocycles. The molecule has 0 unspecified atom stereocenters. The van der Waals surface area contributed by atoms with Gasteiger partial charge in [0.15, 0.2) is 0 Å². The smallest absolute Gasteiger partial charge is 0.307 e. The summed E-state index contributed by atoms with van der Waals surface area (Å²) in [7, 11) is 1.53. The quantitative estimate of drug-likeness (QED) is 0.774. The molecule has 3 aromatic rings. The van der Waals surface area contributed by atoms with E-state index in [4.69, 9.17) is 16.3 Å². The van der Waals surface area contributed by atoms with E-state index in [1.165, 1.54) is 11.7 Å². The number of rotatable bonds is 4. The maximum absolute atomic E-state index is 13.0. The lowest BCUT2D eigenvalue weighted by Crippen LogP contribution is -2.23. The Bertz CT molecular complexity index is 1020. The van der Waals surface area contributed by atoms with E-state index >= 15 is 0 Å². The van der Waals surface area contributed by atoms with Crippen molar-refractivity contribution in [3.05, 3.63) is 69.1 Å². The van der Waals surface area contributed by atoms with E-state index in [9.17, 15) is 14.7 Å². The molecule has 0 radical (unpaired) electrons. The predicted molar refractivity (Wildman–Crippen MR) is 97.2 cm³/mol. The fraction of sp³-hybridized carbons (Fsp3) is 0.158. The minimum Gasteiger partial charge on any atom is -0.497 e. The van der Waals surface area contributed by atoms with Gasteiger partial charge in [-0.2, -0.15) is 0 Å². The highest BCUT2D eigenvalue weighted by Crippen LogP contribution is 2.26.